The van der Waals surface area contributed by atoms with E-state index in [-0.39, 0.29) is 0 Å². The van der Waals surface area contributed by atoms with E-state index in [1.807, 2.05) is 42.5 Å². The zero-order valence-electron chi connectivity index (χ0n) is 9.35. The van der Waals surface area contributed by atoms with Crippen molar-refractivity contribution in [2.45, 2.75) is 0 Å². The number of carbonyl (C=O) groups excluding carboxylic acids is 1. The molecule has 0 aliphatic heterocycles. The molecule has 0 aliphatic rings. The molecule has 0 saturated carbocycles. The summed E-state index contributed by atoms with van der Waals surface area (Å²) in [6, 6.07) is 13.4. The van der Waals surface area contributed by atoms with Gasteiger partial charge in [-0.25, -0.2) is 4.98 Å². The summed E-state index contributed by atoms with van der Waals surface area (Å²) in [5, 5.41) is 0.388. The second kappa shape index (κ2) is 4.27. The third-order valence-electron chi connectivity index (χ3n) is 2.83. The van der Waals surface area contributed by atoms with E-state index in [0.717, 1.165) is 16.5 Å². The summed E-state index contributed by atoms with van der Waals surface area (Å²) in [5.41, 5.74) is 2.80. The predicted octanol–water partition coefficient (Wildman–Crippen LogP) is 3.61. The zero-order chi connectivity index (χ0) is 12.5. The molecule has 88 valence electrons. The Hall–Kier alpha value is -2.13. The number of hydrogen-bond acceptors (Lipinski definition) is 2. The Morgan fingerprint density at radius 1 is 1.11 bits per heavy atom. The van der Waals surface area contributed by atoms with Gasteiger partial charge in [0.1, 0.15) is 11.3 Å². The Balaban J connectivity index is 2.38. The fourth-order valence-electron chi connectivity index (χ4n) is 2.07. The number of aromatic nitrogens is 2. The van der Waals surface area contributed by atoms with Crippen LogP contribution in [0.5, 0.6) is 0 Å². The van der Waals surface area contributed by atoms with E-state index < -0.39 is 5.24 Å². The largest absolute Gasteiger partial charge is 0.335 e. The second-order valence-electron chi connectivity index (χ2n) is 3.91. The molecule has 3 nitrogen and oxygen atoms in total. The summed E-state index contributed by atoms with van der Waals surface area (Å²) in [6.45, 7) is 0. The van der Waals surface area contributed by atoms with Crippen molar-refractivity contribution in [3.63, 3.8) is 0 Å². The summed E-state index contributed by atoms with van der Waals surface area (Å²) < 4.78 is 0. The van der Waals surface area contributed by atoms with Crippen LogP contribution in [0.25, 0.3) is 22.2 Å². The van der Waals surface area contributed by atoms with Crippen LogP contribution < -0.4 is 0 Å². The fourth-order valence-corrected chi connectivity index (χ4v) is 2.22. The molecule has 0 unspecified atom stereocenters. The third kappa shape index (κ3) is 1.69. The van der Waals surface area contributed by atoms with Gasteiger partial charge < -0.3 is 4.98 Å². The SMILES string of the molecule is O=C(Cl)c1[nH]c2ncccc2c1-c1ccccc1. The van der Waals surface area contributed by atoms with Crippen LogP contribution in [0.2, 0.25) is 0 Å². The van der Waals surface area contributed by atoms with Crippen molar-refractivity contribution in [1.29, 1.82) is 0 Å². The highest BCUT2D eigenvalue weighted by Crippen LogP contribution is 2.32. The van der Waals surface area contributed by atoms with Crippen LogP contribution in [0.4, 0.5) is 0 Å². The first-order valence-corrected chi connectivity index (χ1v) is 5.87. The number of benzene rings is 1. The summed E-state index contributed by atoms with van der Waals surface area (Å²) in [6.07, 6.45) is 1.68. The van der Waals surface area contributed by atoms with Crippen LogP contribution in [-0.4, -0.2) is 15.2 Å². The van der Waals surface area contributed by atoms with E-state index in [1.54, 1.807) is 6.20 Å². The van der Waals surface area contributed by atoms with E-state index in [0.29, 0.717) is 11.3 Å². The number of pyridine rings is 1. The number of hydrogen-bond donors (Lipinski definition) is 1. The first-order chi connectivity index (χ1) is 8.77. The minimum Gasteiger partial charge on any atom is -0.335 e. The van der Waals surface area contributed by atoms with Crippen LogP contribution in [0, 0.1) is 0 Å². The van der Waals surface area contributed by atoms with Gasteiger partial charge in [-0.15, -0.1) is 0 Å². The zero-order valence-corrected chi connectivity index (χ0v) is 10.1. The Bertz CT molecular complexity index is 719. The number of fused-ring (bicyclic) bond motifs is 1. The lowest BCUT2D eigenvalue weighted by Gasteiger charge is -2.01. The lowest BCUT2D eigenvalue weighted by Crippen LogP contribution is -1.91. The van der Waals surface area contributed by atoms with Gasteiger partial charge in [0.25, 0.3) is 5.24 Å². The minimum atomic E-state index is -0.508. The van der Waals surface area contributed by atoms with Crippen molar-refractivity contribution >= 4 is 27.9 Å². The molecular formula is C14H9ClN2O. The van der Waals surface area contributed by atoms with Crippen LogP contribution in [0.3, 0.4) is 0 Å². The van der Waals surface area contributed by atoms with E-state index >= 15 is 0 Å². The van der Waals surface area contributed by atoms with Crippen LogP contribution in [-0.2, 0) is 0 Å². The lowest BCUT2D eigenvalue weighted by atomic mass is 10.0. The van der Waals surface area contributed by atoms with Gasteiger partial charge in [0, 0.05) is 17.1 Å². The summed E-state index contributed by atoms with van der Waals surface area (Å²) >= 11 is 5.63. The molecule has 0 radical (unpaired) electrons. The number of halogens is 1. The first kappa shape index (κ1) is 11.0. The van der Waals surface area contributed by atoms with Gasteiger partial charge in [-0.2, -0.15) is 0 Å². The van der Waals surface area contributed by atoms with Gasteiger partial charge >= 0.3 is 0 Å². The Morgan fingerprint density at radius 2 is 1.89 bits per heavy atom. The molecule has 0 atom stereocenters. The standard InChI is InChI=1S/C14H9ClN2O/c15-13(18)12-11(9-5-2-1-3-6-9)10-7-4-8-16-14(10)17-12/h1-8H,(H,16,17). The average molecular weight is 257 g/mol. The summed E-state index contributed by atoms with van der Waals surface area (Å²) in [5.74, 6) is 0. The third-order valence-corrected chi connectivity index (χ3v) is 3.02. The number of aromatic amines is 1. The number of rotatable bonds is 2. The lowest BCUT2D eigenvalue weighted by molar-refractivity contribution is 0.107. The van der Waals surface area contributed by atoms with E-state index in [1.165, 1.54) is 0 Å². The second-order valence-corrected chi connectivity index (χ2v) is 4.26. The van der Waals surface area contributed by atoms with E-state index in [4.69, 9.17) is 11.6 Å². The molecule has 2 aromatic heterocycles. The molecule has 0 saturated heterocycles. The average Bonchev–Trinajstić information content (AvgIpc) is 2.79. The number of carbonyl (C=O) groups is 1. The van der Waals surface area contributed by atoms with Crippen LogP contribution >= 0.6 is 11.6 Å². The topological polar surface area (TPSA) is 45.8 Å². The maximum atomic E-state index is 11.5. The molecule has 1 aromatic carbocycles. The van der Waals surface area contributed by atoms with Crippen molar-refractivity contribution in [3.05, 3.63) is 54.4 Å². The van der Waals surface area contributed by atoms with Gasteiger partial charge in [-0.3, -0.25) is 4.79 Å². The molecular weight excluding hydrogens is 248 g/mol. The van der Waals surface area contributed by atoms with Crippen molar-refractivity contribution in [2.75, 3.05) is 0 Å². The minimum absolute atomic E-state index is 0.386. The van der Waals surface area contributed by atoms with Crippen molar-refractivity contribution in [1.82, 2.24) is 9.97 Å². The highest BCUT2D eigenvalue weighted by Gasteiger charge is 2.17. The number of H-pyrrole nitrogens is 1. The van der Waals surface area contributed by atoms with Crippen molar-refractivity contribution < 1.29 is 4.79 Å². The van der Waals surface area contributed by atoms with Gasteiger partial charge in [0.2, 0.25) is 0 Å². The number of nitrogens with zero attached hydrogens (tertiary/aromatic N) is 1. The molecule has 1 N–H and O–H groups in total. The summed E-state index contributed by atoms with van der Waals surface area (Å²) in [4.78, 5) is 18.7. The van der Waals surface area contributed by atoms with Gasteiger partial charge in [-0.05, 0) is 29.3 Å². The van der Waals surface area contributed by atoms with Gasteiger partial charge in [-0.1, -0.05) is 30.3 Å². The molecule has 2 heterocycles. The fraction of sp³-hybridized carbons (Fsp3) is 0. The molecule has 0 spiro atoms. The van der Waals surface area contributed by atoms with Crippen molar-refractivity contribution in [2.24, 2.45) is 0 Å². The van der Waals surface area contributed by atoms with E-state index in [9.17, 15) is 4.79 Å². The predicted molar refractivity (Wildman–Crippen MR) is 71.7 cm³/mol. The molecule has 0 fully saturated rings. The monoisotopic (exact) mass is 256 g/mol. The van der Waals surface area contributed by atoms with E-state index in [2.05, 4.69) is 9.97 Å². The smallest absolute Gasteiger partial charge is 0.269 e. The Kier molecular flexibility index (Phi) is 2.61. The Labute approximate surface area is 108 Å². The molecule has 0 amide bonds. The Morgan fingerprint density at radius 3 is 2.61 bits per heavy atom. The number of nitrogens with one attached hydrogen (secondary N) is 1. The highest BCUT2D eigenvalue weighted by atomic mass is 35.5. The molecule has 3 rings (SSSR count). The quantitative estimate of drug-likeness (QED) is 0.712. The normalized spacial score (nSPS) is 10.7. The first-order valence-electron chi connectivity index (χ1n) is 5.49. The molecule has 0 aliphatic carbocycles. The van der Waals surface area contributed by atoms with Crippen LogP contribution in [0.15, 0.2) is 48.7 Å². The van der Waals surface area contributed by atoms with Gasteiger partial charge in [0.05, 0.1) is 0 Å². The maximum Gasteiger partial charge on any atom is 0.269 e. The molecule has 0 bridgehead atoms. The summed E-state index contributed by atoms with van der Waals surface area (Å²) in [7, 11) is 0. The van der Waals surface area contributed by atoms with Crippen molar-refractivity contribution in [3.8, 4) is 11.1 Å². The van der Waals surface area contributed by atoms with Gasteiger partial charge in [0.15, 0.2) is 0 Å². The maximum absolute atomic E-state index is 11.5. The highest BCUT2D eigenvalue weighted by molar-refractivity contribution is 6.68. The molecule has 4 heteroatoms. The molecule has 3 aromatic rings. The molecule has 18 heavy (non-hydrogen) atoms. The van der Waals surface area contributed by atoms with Crippen LogP contribution in [0.1, 0.15) is 10.5 Å².